The highest BCUT2D eigenvalue weighted by Crippen LogP contribution is 2.46. The quantitative estimate of drug-likeness (QED) is 0.179. The van der Waals surface area contributed by atoms with E-state index >= 15 is 0 Å². The van der Waals surface area contributed by atoms with Gasteiger partial charge in [-0.2, -0.15) is 0 Å². The molecule has 0 bridgehead atoms. The Hall–Kier alpha value is -6.16. The first kappa shape index (κ1) is 27.9. The SMILES string of the molecule is c1ccc(-c2cccc3c2sc2c(-c4ccccc4)cc(-c4cccc(-c5cnc6c7ccccc7c7ccccc7c6n5)c4)cc23)cc1. The maximum Gasteiger partial charge on any atom is 0.0979 e. The van der Waals surface area contributed by atoms with Crippen molar-refractivity contribution in [2.24, 2.45) is 0 Å². The summed E-state index contributed by atoms with van der Waals surface area (Å²) in [6, 6.07) is 58.7. The van der Waals surface area contributed by atoms with Crippen LogP contribution in [0, 0.1) is 0 Å². The first-order chi connectivity index (χ1) is 24.3. The van der Waals surface area contributed by atoms with Gasteiger partial charge in [-0.1, -0.05) is 146 Å². The summed E-state index contributed by atoms with van der Waals surface area (Å²) < 4.78 is 2.63. The third-order valence-electron chi connectivity index (χ3n) is 9.69. The van der Waals surface area contributed by atoms with Crippen molar-refractivity contribution < 1.29 is 0 Å². The normalized spacial score (nSPS) is 11.7. The molecule has 10 aromatic rings. The van der Waals surface area contributed by atoms with E-state index in [0.29, 0.717) is 0 Å². The Morgan fingerprint density at radius 1 is 0.347 bits per heavy atom. The number of benzene rings is 8. The molecule has 2 nitrogen and oxygen atoms in total. The van der Waals surface area contributed by atoms with E-state index in [-0.39, 0.29) is 0 Å². The Balaban J connectivity index is 1.17. The van der Waals surface area contributed by atoms with E-state index in [9.17, 15) is 0 Å². The maximum atomic E-state index is 5.28. The standard InChI is InChI=1S/C46H28N2S/c1-3-13-29(14-4-1)34-23-12-24-39-41-27-33(26-40(46(41)49-45(34)39)30-15-5-2-6-16-30)31-17-11-18-32(25-31)42-28-47-43-37-21-9-7-19-35(37)36-20-8-10-22-38(36)44(43)48-42/h1-28H. The van der Waals surface area contributed by atoms with Crippen molar-refractivity contribution >= 4 is 64.1 Å². The van der Waals surface area contributed by atoms with Crippen molar-refractivity contribution in [3.8, 4) is 44.6 Å². The molecule has 49 heavy (non-hydrogen) atoms. The second kappa shape index (κ2) is 11.2. The number of rotatable bonds is 4. The topological polar surface area (TPSA) is 25.8 Å². The zero-order valence-electron chi connectivity index (χ0n) is 26.5. The summed E-state index contributed by atoms with van der Waals surface area (Å²) in [7, 11) is 0. The molecule has 0 fully saturated rings. The first-order valence-electron chi connectivity index (χ1n) is 16.6. The first-order valence-corrected chi connectivity index (χ1v) is 17.4. The molecule has 2 heterocycles. The zero-order valence-corrected chi connectivity index (χ0v) is 27.3. The van der Waals surface area contributed by atoms with Gasteiger partial charge in [0.15, 0.2) is 0 Å². The third kappa shape index (κ3) is 4.55. The minimum absolute atomic E-state index is 0.868. The molecule has 0 N–H and O–H groups in total. The Kier molecular flexibility index (Phi) is 6.39. The smallest absolute Gasteiger partial charge is 0.0979 e. The largest absolute Gasteiger partial charge is 0.252 e. The molecule has 0 atom stereocenters. The molecule has 0 aliphatic carbocycles. The van der Waals surface area contributed by atoms with Crippen LogP contribution in [-0.2, 0) is 0 Å². The van der Waals surface area contributed by atoms with Crippen LogP contribution >= 0.6 is 11.3 Å². The lowest BCUT2D eigenvalue weighted by Crippen LogP contribution is -1.92. The number of aromatic nitrogens is 2. The van der Waals surface area contributed by atoms with Crippen LogP contribution in [0.3, 0.4) is 0 Å². The van der Waals surface area contributed by atoms with Crippen LogP contribution in [0.2, 0.25) is 0 Å². The van der Waals surface area contributed by atoms with E-state index in [0.717, 1.165) is 38.6 Å². The second-order valence-electron chi connectivity index (χ2n) is 12.5. The highest BCUT2D eigenvalue weighted by molar-refractivity contribution is 7.26. The molecule has 0 saturated heterocycles. The Morgan fingerprint density at radius 2 is 0.898 bits per heavy atom. The summed E-state index contributed by atoms with van der Waals surface area (Å²) in [6.45, 7) is 0. The van der Waals surface area contributed by atoms with Crippen LogP contribution in [0.25, 0.3) is 97.4 Å². The van der Waals surface area contributed by atoms with Gasteiger partial charge in [-0.3, -0.25) is 4.98 Å². The summed E-state index contributed by atoms with van der Waals surface area (Å²) >= 11 is 1.89. The van der Waals surface area contributed by atoms with Gasteiger partial charge >= 0.3 is 0 Å². The number of hydrogen-bond acceptors (Lipinski definition) is 3. The van der Waals surface area contributed by atoms with Gasteiger partial charge in [0, 0.05) is 42.1 Å². The van der Waals surface area contributed by atoms with Crippen molar-refractivity contribution in [1.29, 1.82) is 0 Å². The van der Waals surface area contributed by atoms with Crippen LogP contribution in [0.15, 0.2) is 170 Å². The van der Waals surface area contributed by atoms with E-state index in [2.05, 4.69) is 164 Å². The van der Waals surface area contributed by atoms with Gasteiger partial charge in [-0.25, -0.2) is 4.98 Å². The van der Waals surface area contributed by atoms with Crippen LogP contribution in [0.1, 0.15) is 0 Å². The van der Waals surface area contributed by atoms with E-state index in [1.807, 2.05) is 17.5 Å². The average Bonchev–Trinajstić information content (AvgIpc) is 3.57. The van der Waals surface area contributed by atoms with Crippen molar-refractivity contribution in [2.75, 3.05) is 0 Å². The molecule has 2 aromatic heterocycles. The molecule has 0 amide bonds. The van der Waals surface area contributed by atoms with Gasteiger partial charge < -0.3 is 0 Å². The predicted molar refractivity (Wildman–Crippen MR) is 209 cm³/mol. The lowest BCUT2D eigenvalue weighted by molar-refractivity contribution is 1.31. The highest BCUT2D eigenvalue weighted by atomic mass is 32.1. The molecule has 0 aliphatic heterocycles. The fourth-order valence-corrected chi connectivity index (χ4v) is 8.72. The van der Waals surface area contributed by atoms with Gasteiger partial charge in [0.05, 0.1) is 22.9 Å². The number of fused-ring (bicyclic) bond motifs is 9. The minimum Gasteiger partial charge on any atom is -0.252 e. The van der Waals surface area contributed by atoms with Crippen molar-refractivity contribution in [2.45, 2.75) is 0 Å². The third-order valence-corrected chi connectivity index (χ3v) is 11.0. The highest BCUT2D eigenvalue weighted by Gasteiger charge is 2.17. The molecule has 3 heteroatoms. The van der Waals surface area contributed by atoms with E-state index in [1.54, 1.807) is 0 Å². The number of thiophene rings is 1. The summed E-state index contributed by atoms with van der Waals surface area (Å²) in [6.07, 6.45) is 1.93. The van der Waals surface area contributed by atoms with E-state index in [1.165, 1.54) is 58.8 Å². The summed E-state index contributed by atoms with van der Waals surface area (Å²) in [5.74, 6) is 0. The van der Waals surface area contributed by atoms with Gasteiger partial charge in [0.1, 0.15) is 0 Å². The number of hydrogen-bond donors (Lipinski definition) is 0. The molecule has 8 aromatic carbocycles. The van der Waals surface area contributed by atoms with E-state index < -0.39 is 0 Å². The average molecular weight is 641 g/mol. The fourth-order valence-electron chi connectivity index (χ4n) is 7.36. The molecule has 10 rings (SSSR count). The van der Waals surface area contributed by atoms with Crippen molar-refractivity contribution in [3.63, 3.8) is 0 Å². The van der Waals surface area contributed by atoms with Gasteiger partial charge in [0.25, 0.3) is 0 Å². The summed E-state index contributed by atoms with van der Waals surface area (Å²) in [4.78, 5) is 10.3. The summed E-state index contributed by atoms with van der Waals surface area (Å²) in [5.41, 5.74) is 11.1. The number of nitrogens with zero attached hydrogens (tertiary/aromatic N) is 2. The lowest BCUT2D eigenvalue weighted by Gasteiger charge is -2.12. The van der Waals surface area contributed by atoms with Gasteiger partial charge in [-0.15, -0.1) is 11.3 Å². The molecule has 0 spiro atoms. The van der Waals surface area contributed by atoms with E-state index in [4.69, 9.17) is 9.97 Å². The van der Waals surface area contributed by atoms with Crippen LogP contribution < -0.4 is 0 Å². The molecular formula is C46H28N2S. The second-order valence-corrected chi connectivity index (χ2v) is 13.6. The van der Waals surface area contributed by atoms with Gasteiger partial charge in [0.2, 0.25) is 0 Å². The Labute approximate surface area is 287 Å². The molecule has 0 radical (unpaired) electrons. The molecular weight excluding hydrogens is 613 g/mol. The molecule has 0 unspecified atom stereocenters. The van der Waals surface area contributed by atoms with Crippen molar-refractivity contribution in [1.82, 2.24) is 9.97 Å². The van der Waals surface area contributed by atoms with Gasteiger partial charge in [-0.05, 0) is 56.8 Å². The monoisotopic (exact) mass is 640 g/mol. The van der Waals surface area contributed by atoms with Crippen LogP contribution in [-0.4, -0.2) is 9.97 Å². The van der Waals surface area contributed by atoms with Crippen molar-refractivity contribution in [3.05, 3.63) is 170 Å². The molecule has 0 aliphatic rings. The lowest BCUT2D eigenvalue weighted by atomic mass is 9.94. The predicted octanol–water partition coefficient (Wildman–Crippen LogP) is 13.0. The van der Waals surface area contributed by atoms with Crippen LogP contribution in [0.5, 0.6) is 0 Å². The summed E-state index contributed by atoms with van der Waals surface area (Å²) in [5, 5.41) is 7.23. The Morgan fingerprint density at radius 3 is 1.63 bits per heavy atom. The zero-order chi connectivity index (χ0) is 32.3. The Bertz CT molecular complexity index is 2840. The minimum atomic E-state index is 0.868. The molecule has 0 saturated carbocycles. The molecule has 228 valence electrons. The fraction of sp³-hybridized carbons (Fsp3) is 0. The van der Waals surface area contributed by atoms with Crippen LogP contribution in [0.4, 0.5) is 0 Å². The maximum absolute atomic E-state index is 5.28.